The van der Waals surface area contributed by atoms with Gasteiger partial charge in [0, 0.05) is 33.3 Å². The number of nitriles is 1. The number of hydrogen-bond donors (Lipinski definition) is 0. The van der Waals surface area contributed by atoms with Crippen LogP contribution in [0.2, 0.25) is 0 Å². The SMILES string of the molecule is CC(=O)OC[C@@H]1O[C@@H](n2c(-c3ccc(C)cc3)cc(-c3ccco3)c(C#N)c2=O)[C@@H](OC(C)=O)[C@H](OC(C)=O)[C@@H]1OC(C)=O. The minimum atomic E-state index is -1.57. The van der Waals surface area contributed by atoms with Gasteiger partial charge >= 0.3 is 23.9 Å². The smallest absolute Gasteiger partial charge is 0.303 e. The van der Waals surface area contributed by atoms with Crippen LogP contribution in [0.3, 0.4) is 0 Å². The van der Waals surface area contributed by atoms with Crippen LogP contribution in [0.4, 0.5) is 0 Å². The van der Waals surface area contributed by atoms with Gasteiger partial charge in [-0.25, -0.2) is 0 Å². The van der Waals surface area contributed by atoms with Gasteiger partial charge in [0.25, 0.3) is 5.56 Å². The highest BCUT2D eigenvalue weighted by Gasteiger charge is 2.53. The molecule has 13 nitrogen and oxygen atoms in total. The van der Waals surface area contributed by atoms with Crippen molar-refractivity contribution in [2.24, 2.45) is 0 Å². The lowest BCUT2D eigenvalue weighted by atomic mass is 9.95. The lowest BCUT2D eigenvalue weighted by molar-refractivity contribution is -0.268. The van der Waals surface area contributed by atoms with E-state index in [9.17, 15) is 29.2 Å². The number of carbonyl (C=O) groups is 4. The van der Waals surface area contributed by atoms with Crippen LogP contribution in [0.1, 0.15) is 45.0 Å². The van der Waals surface area contributed by atoms with Crippen LogP contribution in [0, 0.1) is 18.3 Å². The number of aryl methyl sites for hydroxylation is 1. The molecule has 2 aromatic heterocycles. The third-order valence-electron chi connectivity index (χ3n) is 6.71. The Kier molecular flexibility index (Phi) is 9.65. The molecule has 0 amide bonds. The van der Waals surface area contributed by atoms with Gasteiger partial charge in [-0.2, -0.15) is 5.26 Å². The Hall–Kier alpha value is -5.22. The highest BCUT2D eigenvalue weighted by Crippen LogP contribution is 2.38. The average molecular weight is 607 g/mol. The molecular weight excluding hydrogens is 576 g/mol. The van der Waals surface area contributed by atoms with E-state index in [1.807, 2.05) is 25.1 Å². The van der Waals surface area contributed by atoms with Crippen LogP contribution < -0.4 is 5.56 Å². The summed E-state index contributed by atoms with van der Waals surface area (Å²) in [6, 6.07) is 13.8. The summed E-state index contributed by atoms with van der Waals surface area (Å²) in [5, 5.41) is 10.1. The van der Waals surface area contributed by atoms with Crippen LogP contribution in [-0.2, 0) is 42.9 Å². The number of furan rings is 1. The molecule has 13 heteroatoms. The Morgan fingerprint density at radius 1 is 0.886 bits per heavy atom. The summed E-state index contributed by atoms with van der Waals surface area (Å²) in [6.07, 6.45) is -6.00. The third-order valence-corrected chi connectivity index (χ3v) is 6.71. The van der Waals surface area contributed by atoms with Crippen LogP contribution in [0.15, 0.2) is 57.9 Å². The summed E-state index contributed by atoms with van der Waals surface area (Å²) in [5.74, 6) is -2.90. The zero-order valence-electron chi connectivity index (χ0n) is 24.6. The number of benzene rings is 1. The van der Waals surface area contributed by atoms with Crippen molar-refractivity contribution in [2.75, 3.05) is 6.61 Å². The van der Waals surface area contributed by atoms with E-state index in [0.717, 1.165) is 37.8 Å². The van der Waals surface area contributed by atoms with Gasteiger partial charge in [0.1, 0.15) is 30.1 Å². The van der Waals surface area contributed by atoms with E-state index in [-0.39, 0.29) is 22.6 Å². The van der Waals surface area contributed by atoms with Gasteiger partial charge in [-0.15, -0.1) is 0 Å². The highest BCUT2D eigenvalue weighted by molar-refractivity contribution is 5.73. The quantitative estimate of drug-likeness (QED) is 0.271. The molecule has 5 atom stereocenters. The van der Waals surface area contributed by atoms with Crippen LogP contribution in [0.5, 0.6) is 0 Å². The lowest BCUT2D eigenvalue weighted by Crippen LogP contribution is -2.61. The molecule has 0 radical (unpaired) electrons. The maximum Gasteiger partial charge on any atom is 0.303 e. The Labute approximate surface area is 251 Å². The molecule has 44 heavy (non-hydrogen) atoms. The molecule has 1 saturated heterocycles. The highest BCUT2D eigenvalue weighted by atomic mass is 16.7. The maximum absolute atomic E-state index is 14.3. The fourth-order valence-electron chi connectivity index (χ4n) is 4.97. The van der Waals surface area contributed by atoms with E-state index in [4.69, 9.17) is 28.1 Å². The predicted molar refractivity (Wildman–Crippen MR) is 150 cm³/mol. The predicted octanol–water partition coefficient (Wildman–Crippen LogP) is 3.21. The zero-order chi connectivity index (χ0) is 32.1. The summed E-state index contributed by atoms with van der Waals surface area (Å²) in [4.78, 5) is 62.9. The van der Waals surface area contributed by atoms with Crippen molar-refractivity contribution < 1.29 is 47.3 Å². The second kappa shape index (κ2) is 13.4. The van der Waals surface area contributed by atoms with Crippen molar-refractivity contribution in [3.05, 3.63) is 70.2 Å². The van der Waals surface area contributed by atoms with Gasteiger partial charge in [0.05, 0.1) is 12.0 Å². The molecular formula is C31H30N2O11. The largest absolute Gasteiger partial charge is 0.464 e. The molecule has 1 aliphatic rings. The third kappa shape index (κ3) is 6.87. The van der Waals surface area contributed by atoms with Gasteiger partial charge in [0.15, 0.2) is 24.5 Å². The van der Waals surface area contributed by atoms with Gasteiger partial charge < -0.3 is 28.1 Å². The van der Waals surface area contributed by atoms with E-state index in [0.29, 0.717) is 5.56 Å². The molecule has 0 saturated carbocycles. The van der Waals surface area contributed by atoms with Crippen molar-refractivity contribution in [3.63, 3.8) is 0 Å². The molecule has 4 rings (SSSR count). The molecule has 0 unspecified atom stereocenters. The molecule has 230 valence electrons. The summed E-state index contributed by atoms with van der Waals surface area (Å²) in [7, 11) is 0. The summed E-state index contributed by atoms with van der Waals surface area (Å²) in [6.45, 7) is 5.84. The van der Waals surface area contributed by atoms with Crippen molar-refractivity contribution in [1.82, 2.24) is 4.57 Å². The van der Waals surface area contributed by atoms with E-state index in [1.165, 1.54) is 6.26 Å². The molecule has 3 heterocycles. The van der Waals surface area contributed by atoms with Gasteiger partial charge in [0.2, 0.25) is 0 Å². The van der Waals surface area contributed by atoms with Crippen LogP contribution in [-0.4, -0.2) is 59.5 Å². The number of hydrogen-bond acceptors (Lipinski definition) is 12. The molecule has 0 bridgehead atoms. The van der Waals surface area contributed by atoms with E-state index < -0.39 is 66.7 Å². The minimum absolute atomic E-state index is 0.194. The van der Waals surface area contributed by atoms with E-state index in [2.05, 4.69) is 0 Å². The number of pyridine rings is 1. The first-order valence-corrected chi connectivity index (χ1v) is 13.5. The Morgan fingerprint density at radius 3 is 2.05 bits per heavy atom. The average Bonchev–Trinajstić information content (AvgIpc) is 3.49. The first-order chi connectivity index (χ1) is 20.9. The first kappa shape index (κ1) is 31.7. The lowest BCUT2D eigenvalue weighted by Gasteiger charge is -2.45. The fourth-order valence-corrected chi connectivity index (χ4v) is 4.97. The standard InChI is InChI=1S/C31H30N2O11/c1-16-8-10-21(11-9-16)24-13-22(25-7-6-12-39-25)23(14-32)30(38)33(24)31-29(43-20(5)37)28(42-19(4)36)27(41-18(3)35)26(44-31)15-40-17(2)34/h6-13,26-29,31H,15H2,1-5H3/t26-,27+,28+,29-,31+/m0/s1. The minimum Gasteiger partial charge on any atom is -0.464 e. The molecule has 0 N–H and O–H groups in total. The molecule has 0 spiro atoms. The van der Waals surface area contributed by atoms with Gasteiger partial charge in [-0.3, -0.25) is 28.5 Å². The monoisotopic (exact) mass is 606 g/mol. The number of esters is 4. The number of aromatic nitrogens is 1. The molecule has 0 aliphatic carbocycles. The molecule has 3 aromatic rings. The second-order valence-corrected chi connectivity index (χ2v) is 10.0. The van der Waals surface area contributed by atoms with Crippen LogP contribution in [0.25, 0.3) is 22.6 Å². The van der Waals surface area contributed by atoms with Gasteiger partial charge in [-0.05, 0) is 30.7 Å². The summed E-state index contributed by atoms with van der Waals surface area (Å²) in [5.41, 5.74) is 0.690. The normalized spacial score (nSPS) is 21.0. The number of rotatable bonds is 8. The Morgan fingerprint density at radius 2 is 1.50 bits per heavy atom. The number of ether oxygens (including phenoxy) is 5. The van der Waals surface area contributed by atoms with Crippen molar-refractivity contribution >= 4 is 23.9 Å². The van der Waals surface area contributed by atoms with Gasteiger partial charge in [-0.1, -0.05) is 29.8 Å². The number of nitrogens with zero attached hydrogens (tertiary/aromatic N) is 2. The topological polar surface area (TPSA) is 173 Å². The van der Waals surface area contributed by atoms with Crippen molar-refractivity contribution in [2.45, 2.75) is 65.3 Å². The maximum atomic E-state index is 14.3. The summed E-state index contributed by atoms with van der Waals surface area (Å²) >= 11 is 0. The first-order valence-electron chi connectivity index (χ1n) is 13.5. The Bertz CT molecular complexity index is 1650. The number of carbonyl (C=O) groups excluding carboxylic acids is 4. The van der Waals surface area contributed by atoms with E-state index >= 15 is 0 Å². The molecule has 1 aromatic carbocycles. The van der Waals surface area contributed by atoms with Crippen molar-refractivity contribution in [3.8, 4) is 28.7 Å². The molecule has 1 fully saturated rings. The Balaban J connectivity index is 2.04. The second-order valence-electron chi connectivity index (χ2n) is 10.0. The zero-order valence-corrected chi connectivity index (χ0v) is 24.6. The fraction of sp³-hybridized carbons (Fsp3) is 0.355. The molecule has 1 aliphatic heterocycles. The summed E-state index contributed by atoms with van der Waals surface area (Å²) < 4.78 is 34.6. The van der Waals surface area contributed by atoms with Crippen LogP contribution >= 0.6 is 0 Å². The van der Waals surface area contributed by atoms with Crippen molar-refractivity contribution in [1.29, 1.82) is 5.26 Å². The van der Waals surface area contributed by atoms with E-state index in [1.54, 1.807) is 30.3 Å².